The van der Waals surface area contributed by atoms with Crippen molar-refractivity contribution in [3.05, 3.63) is 60.8 Å². The lowest BCUT2D eigenvalue weighted by Crippen LogP contribution is -2.87. The number of fused-ring (bicyclic) bond motifs is 2. The highest BCUT2D eigenvalue weighted by Crippen LogP contribution is 2.27. The number of nitrogens with two attached hydrogens (primary N) is 1. The van der Waals surface area contributed by atoms with Crippen LogP contribution in [0.3, 0.4) is 0 Å². The fraction of sp³-hybridized carbons (Fsp3) is 0.167. The molecule has 0 bridgehead atoms. The zero-order valence-electron chi connectivity index (χ0n) is 14.5. The molecule has 9 heteroatoms. The van der Waals surface area contributed by atoms with Gasteiger partial charge in [0.1, 0.15) is 5.65 Å². The molecule has 0 atom stereocenters. The summed E-state index contributed by atoms with van der Waals surface area (Å²) in [6, 6.07) is 8.12. The number of anilines is 1. The maximum atomic E-state index is 9.05. The van der Waals surface area contributed by atoms with E-state index in [-0.39, 0.29) is 6.61 Å². The lowest BCUT2D eigenvalue weighted by molar-refractivity contribution is -0.626. The zero-order chi connectivity index (χ0) is 18.2. The predicted molar refractivity (Wildman–Crippen MR) is 98.6 cm³/mol. The van der Waals surface area contributed by atoms with Crippen LogP contribution >= 0.6 is 0 Å². The molecule has 0 radical (unpaired) electrons. The molecule has 0 saturated carbocycles. The van der Waals surface area contributed by atoms with Crippen LogP contribution in [0.1, 0.15) is 5.56 Å². The Morgan fingerprint density at radius 3 is 3.04 bits per heavy atom. The first-order chi connectivity index (χ1) is 13.3. The van der Waals surface area contributed by atoms with Crippen LogP contribution < -0.4 is 16.0 Å². The molecule has 27 heavy (non-hydrogen) atoms. The second-order valence-electron chi connectivity index (χ2n) is 6.41. The topological polar surface area (TPSA) is 100 Å². The number of imidazole rings is 1. The standard InChI is InChI=1S/C18H18N8O/c27-8-7-25-12-14(9-20-25)15-2-3-16-18(21-15)26(23-22-16)11-13-1-4-17-19-5-6-24(17)10-13/h1-6,9-10,12,22-23,27H,7-8,11H2/p+1. The van der Waals surface area contributed by atoms with Crippen molar-refractivity contribution < 1.29 is 10.5 Å². The van der Waals surface area contributed by atoms with Gasteiger partial charge in [-0.05, 0) is 17.7 Å². The monoisotopic (exact) mass is 363 g/mol. The molecule has 4 aromatic heterocycles. The lowest BCUT2D eigenvalue weighted by Gasteiger charge is -2.14. The average molecular weight is 363 g/mol. The lowest BCUT2D eigenvalue weighted by atomic mass is 10.2. The minimum absolute atomic E-state index is 0.0622. The normalized spacial score (nSPS) is 13.4. The van der Waals surface area contributed by atoms with Crippen molar-refractivity contribution in [2.75, 3.05) is 11.6 Å². The molecule has 0 amide bonds. The predicted octanol–water partition coefficient (Wildman–Crippen LogP) is 0.220. The van der Waals surface area contributed by atoms with Crippen molar-refractivity contribution in [3.8, 4) is 11.3 Å². The molecule has 1 aliphatic heterocycles. The molecule has 0 aliphatic carbocycles. The van der Waals surface area contributed by atoms with E-state index in [4.69, 9.17) is 10.1 Å². The quantitative estimate of drug-likeness (QED) is 0.439. The van der Waals surface area contributed by atoms with Crippen LogP contribution in [0.15, 0.2) is 55.2 Å². The second kappa shape index (κ2) is 6.47. The summed E-state index contributed by atoms with van der Waals surface area (Å²) in [7, 11) is 0. The van der Waals surface area contributed by atoms with Crippen molar-refractivity contribution in [2.45, 2.75) is 13.1 Å². The average Bonchev–Trinajstić information content (AvgIpc) is 3.41. The molecule has 0 saturated heterocycles. The Labute approximate surface area is 154 Å². The van der Waals surface area contributed by atoms with E-state index in [1.165, 1.54) is 0 Å². The number of nitrogens with zero attached hydrogens (tertiary/aromatic N) is 6. The summed E-state index contributed by atoms with van der Waals surface area (Å²) in [6.45, 7) is 1.22. The van der Waals surface area contributed by atoms with Gasteiger partial charge in [0.15, 0.2) is 5.69 Å². The van der Waals surface area contributed by atoms with Gasteiger partial charge in [-0.15, -0.1) is 0 Å². The van der Waals surface area contributed by atoms with E-state index >= 15 is 0 Å². The van der Waals surface area contributed by atoms with E-state index < -0.39 is 0 Å². The first-order valence-electron chi connectivity index (χ1n) is 8.73. The minimum atomic E-state index is 0.0622. The smallest absolute Gasteiger partial charge is 0.212 e. The van der Waals surface area contributed by atoms with Gasteiger partial charge in [0.25, 0.3) is 0 Å². The number of aliphatic hydroxyl groups excluding tert-OH is 1. The summed E-state index contributed by atoms with van der Waals surface area (Å²) in [6.07, 6.45) is 9.48. The maximum Gasteiger partial charge on any atom is 0.212 e. The highest BCUT2D eigenvalue weighted by Gasteiger charge is 2.25. The van der Waals surface area contributed by atoms with E-state index in [0.29, 0.717) is 13.1 Å². The molecule has 0 unspecified atom stereocenters. The van der Waals surface area contributed by atoms with Crippen molar-refractivity contribution in [1.29, 1.82) is 0 Å². The number of hydrogen-bond acceptors (Lipinski definition) is 6. The van der Waals surface area contributed by atoms with E-state index in [2.05, 4.69) is 27.9 Å². The van der Waals surface area contributed by atoms with Gasteiger partial charge in [-0.3, -0.25) is 4.68 Å². The van der Waals surface area contributed by atoms with Gasteiger partial charge in [-0.2, -0.15) is 5.10 Å². The number of quaternary nitrogens is 1. The van der Waals surface area contributed by atoms with E-state index in [1.54, 1.807) is 17.1 Å². The summed E-state index contributed by atoms with van der Waals surface area (Å²) >= 11 is 0. The van der Waals surface area contributed by atoms with Gasteiger partial charge >= 0.3 is 0 Å². The van der Waals surface area contributed by atoms with E-state index in [0.717, 1.165) is 34.0 Å². The highest BCUT2D eigenvalue weighted by molar-refractivity contribution is 5.67. The molecular formula is C18H19N8O+. The van der Waals surface area contributed by atoms with Crippen molar-refractivity contribution in [3.63, 3.8) is 0 Å². The number of rotatable bonds is 5. The zero-order valence-corrected chi connectivity index (χ0v) is 14.5. The Kier molecular flexibility index (Phi) is 3.82. The largest absolute Gasteiger partial charge is 0.394 e. The minimum Gasteiger partial charge on any atom is -0.394 e. The van der Waals surface area contributed by atoms with Crippen LogP contribution in [-0.4, -0.2) is 35.9 Å². The van der Waals surface area contributed by atoms with Gasteiger partial charge in [-0.25, -0.2) is 20.4 Å². The van der Waals surface area contributed by atoms with Crippen molar-refractivity contribution >= 4 is 17.2 Å². The Balaban J connectivity index is 1.42. The summed E-state index contributed by atoms with van der Waals surface area (Å²) in [5, 5.41) is 15.3. The summed E-state index contributed by atoms with van der Waals surface area (Å²) in [5.41, 5.74) is 10.1. The van der Waals surface area contributed by atoms with Crippen LogP contribution in [-0.2, 0) is 13.1 Å². The molecule has 136 valence electrons. The number of aromatic nitrogens is 5. The summed E-state index contributed by atoms with van der Waals surface area (Å²) in [5.74, 6) is 0.883. The van der Waals surface area contributed by atoms with Gasteiger partial charge in [0.05, 0.1) is 31.6 Å². The van der Waals surface area contributed by atoms with Crippen molar-refractivity contribution in [2.24, 2.45) is 0 Å². The number of hydrogen-bond donors (Lipinski definition) is 3. The molecule has 4 aromatic rings. The molecule has 5 rings (SSSR count). The third kappa shape index (κ3) is 2.93. The number of nitrogens with one attached hydrogen (secondary N) is 1. The third-order valence-electron chi connectivity index (χ3n) is 4.59. The summed E-state index contributed by atoms with van der Waals surface area (Å²) < 4.78 is 3.72. The number of pyridine rings is 2. The van der Waals surface area contributed by atoms with Crippen LogP contribution in [0.4, 0.5) is 11.5 Å². The molecule has 9 nitrogen and oxygen atoms in total. The molecule has 0 aromatic carbocycles. The molecule has 1 aliphatic rings. The Morgan fingerprint density at radius 1 is 1.15 bits per heavy atom. The van der Waals surface area contributed by atoms with Crippen LogP contribution in [0.5, 0.6) is 0 Å². The summed E-state index contributed by atoms with van der Waals surface area (Å²) in [4.78, 5) is 9.10. The van der Waals surface area contributed by atoms with Gasteiger partial charge in [0, 0.05) is 36.4 Å². The maximum absolute atomic E-state index is 9.05. The molecule has 4 N–H and O–H groups in total. The fourth-order valence-corrected chi connectivity index (χ4v) is 3.24. The Hall–Kier alpha value is -3.27. The van der Waals surface area contributed by atoms with Gasteiger partial charge in [0.2, 0.25) is 5.82 Å². The van der Waals surface area contributed by atoms with E-state index in [1.807, 2.05) is 45.4 Å². The van der Waals surface area contributed by atoms with Crippen molar-refractivity contribution in [1.82, 2.24) is 29.7 Å². The molecule has 0 fully saturated rings. The Morgan fingerprint density at radius 2 is 2.11 bits per heavy atom. The van der Waals surface area contributed by atoms with E-state index in [9.17, 15) is 0 Å². The molecular weight excluding hydrogens is 344 g/mol. The van der Waals surface area contributed by atoms with Crippen LogP contribution in [0.2, 0.25) is 0 Å². The highest BCUT2D eigenvalue weighted by atomic mass is 16.3. The SMILES string of the molecule is OCCn1cc(-c2ccc3c(n2)N(Cc2ccc4nccn4c2)N[NH2+]3)cn1. The third-order valence-corrected chi connectivity index (χ3v) is 4.59. The van der Waals surface area contributed by atoms with Crippen LogP contribution in [0, 0.1) is 0 Å². The first kappa shape index (κ1) is 15.9. The van der Waals surface area contributed by atoms with Gasteiger partial charge < -0.3 is 9.51 Å². The molecule has 5 heterocycles. The first-order valence-corrected chi connectivity index (χ1v) is 8.73. The fourth-order valence-electron chi connectivity index (χ4n) is 3.24. The molecule has 0 spiro atoms. The Bertz CT molecular complexity index is 1100. The number of aliphatic hydroxyl groups is 1. The van der Waals surface area contributed by atoms with Gasteiger partial charge in [-0.1, -0.05) is 11.6 Å². The number of hydrazine groups is 1. The second-order valence-corrected chi connectivity index (χ2v) is 6.41. The van der Waals surface area contributed by atoms with Crippen LogP contribution in [0.25, 0.3) is 16.9 Å².